The van der Waals surface area contributed by atoms with E-state index in [1.807, 2.05) is 0 Å². The van der Waals surface area contributed by atoms with Crippen LogP contribution in [0.4, 0.5) is 14.5 Å². The molecule has 5 rings (SSSR count). The van der Waals surface area contributed by atoms with Crippen LogP contribution in [0.15, 0.2) is 72.8 Å². The van der Waals surface area contributed by atoms with E-state index in [-0.39, 0.29) is 0 Å². The first-order valence-corrected chi connectivity index (χ1v) is 11.2. The van der Waals surface area contributed by atoms with Crippen LogP contribution in [-0.2, 0) is 24.7 Å². The van der Waals surface area contributed by atoms with Gasteiger partial charge in [0.1, 0.15) is 23.4 Å². The van der Waals surface area contributed by atoms with Crippen molar-refractivity contribution in [1.29, 1.82) is 0 Å². The summed E-state index contributed by atoms with van der Waals surface area (Å²) in [6.07, 6.45) is 0. The van der Waals surface area contributed by atoms with Gasteiger partial charge in [-0.25, -0.2) is 13.7 Å². The number of rotatable bonds is 5. The highest BCUT2D eigenvalue weighted by Gasteiger charge is 2.68. The van der Waals surface area contributed by atoms with Gasteiger partial charge in [0.05, 0.1) is 37.3 Å². The van der Waals surface area contributed by atoms with Crippen molar-refractivity contribution in [2.24, 2.45) is 11.8 Å². The second-order valence-electron chi connectivity index (χ2n) is 8.68. The Bertz CT molecular complexity index is 1280. The van der Waals surface area contributed by atoms with Crippen LogP contribution in [0.5, 0.6) is 5.75 Å². The Balaban J connectivity index is 1.73. The zero-order chi connectivity index (χ0) is 25.6. The lowest BCUT2D eigenvalue weighted by molar-refractivity contribution is -0.145. The molecule has 3 aromatic carbocycles. The number of nitrogens with zero attached hydrogens (tertiary/aromatic N) is 1. The van der Waals surface area contributed by atoms with Crippen molar-refractivity contribution in [3.05, 3.63) is 95.6 Å². The van der Waals surface area contributed by atoms with Crippen LogP contribution in [-0.4, -0.2) is 38.0 Å². The van der Waals surface area contributed by atoms with Gasteiger partial charge in [-0.15, -0.1) is 0 Å². The van der Waals surface area contributed by atoms with Gasteiger partial charge in [0.2, 0.25) is 11.8 Å². The van der Waals surface area contributed by atoms with Crippen LogP contribution >= 0.6 is 0 Å². The van der Waals surface area contributed by atoms with E-state index >= 15 is 0 Å². The van der Waals surface area contributed by atoms with Crippen LogP contribution in [0, 0.1) is 23.5 Å². The molecular formula is C27H22F2N2O5. The number of esters is 1. The molecule has 184 valence electrons. The third-order valence-corrected chi connectivity index (χ3v) is 6.94. The smallest absolute Gasteiger partial charge is 0.323 e. The lowest BCUT2D eigenvalue weighted by Crippen LogP contribution is -2.52. The quantitative estimate of drug-likeness (QED) is 0.435. The van der Waals surface area contributed by atoms with E-state index in [4.69, 9.17) is 9.47 Å². The maximum atomic E-state index is 14.0. The summed E-state index contributed by atoms with van der Waals surface area (Å²) in [5.41, 5.74) is -0.251. The summed E-state index contributed by atoms with van der Waals surface area (Å²) in [4.78, 5) is 41.7. The van der Waals surface area contributed by atoms with Crippen molar-refractivity contribution in [2.45, 2.75) is 11.6 Å². The van der Waals surface area contributed by atoms with Crippen LogP contribution < -0.4 is 15.0 Å². The van der Waals surface area contributed by atoms with Crippen molar-refractivity contribution in [2.75, 3.05) is 19.1 Å². The summed E-state index contributed by atoms with van der Waals surface area (Å²) >= 11 is 0. The predicted molar refractivity (Wildman–Crippen MR) is 125 cm³/mol. The SMILES string of the molecule is COC(=O)[C@H]1NC(c2ccc(F)cc2)(c2ccc(F)cc2)[C@@H]2C(=O)N(c3ccc(OC)cc3)C(=O)[C@@H]12. The molecule has 2 saturated heterocycles. The van der Waals surface area contributed by atoms with Gasteiger partial charge in [-0.2, -0.15) is 0 Å². The maximum absolute atomic E-state index is 14.0. The summed E-state index contributed by atoms with van der Waals surface area (Å²) in [6.45, 7) is 0. The van der Waals surface area contributed by atoms with E-state index in [1.54, 1.807) is 24.3 Å². The Labute approximate surface area is 205 Å². The number of hydrogen-bond donors (Lipinski definition) is 1. The molecule has 2 amide bonds. The van der Waals surface area contributed by atoms with Crippen LogP contribution in [0.1, 0.15) is 11.1 Å². The molecular weight excluding hydrogens is 470 g/mol. The van der Waals surface area contributed by atoms with E-state index in [9.17, 15) is 23.2 Å². The Morgan fingerprint density at radius 3 is 1.83 bits per heavy atom. The molecule has 36 heavy (non-hydrogen) atoms. The molecule has 0 unspecified atom stereocenters. The minimum Gasteiger partial charge on any atom is -0.497 e. The number of carbonyl (C=O) groups excluding carboxylic acids is 3. The number of amides is 2. The zero-order valence-corrected chi connectivity index (χ0v) is 19.4. The van der Waals surface area contributed by atoms with Gasteiger partial charge in [0, 0.05) is 0 Å². The highest BCUT2D eigenvalue weighted by atomic mass is 19.1. The number of nitrogens with one attached hydrogen (secondary N) is 1. The number of hydrogen-bond acceptors (Lipinski definition) is 6. The first-order valence-electron chi connectivity index (χ1n) is 11.2. The molecule has 0 bridgehead atoms. The van der Waals surface area contributed by atoms with Crippen molar-refractivity contribution in [3.63, 3.8) is 0 Å². The summed E-state index contributed by atoms with van der Waals surface area (Å²) < 4.78 is 37.9. The van der Waals surface area contributed by atoms with Gasteiger partial charge in [0.25, 0.3) is 0 Å². The van der Waals surface area contributed by atoms with E-state index in [0.717, 1.165) is 4.90 Å². The largest absolute Gasteiger partial charge is 0.497 e. The fraction of sp³-hybridized carbons (Fsp3) is 0.222. The number of fused-ring (bicyclic) bond motifs is 1. The second-order valence-corrected chi connectivity index (χ2v) is 8.68. The van der Waals surface area contributed by atoms with Gasteiger partial charge in [0.15, 0.2) is 0 Å². The molecule has 0 spiro atoms. The van der Waals surface area contributed by atoms with Crippen molar-refractivity contribution >= 4 is 23.5 Å². The average molecular weight is 492 g/mol. The zero-order valence-electron chi connectivity index (χ0n) is 19.4. The number of ether oxygens (including phenoxy) is 2. The lowest BCUT2D eigenvalue weighted by atomic mass is 9.71. The van der Waals surface area contributed by atoms with Crippen LogP contribution in [0.3, 0.4) is 0 Å². The Hall–Kier alpha value is -4.11. The van der Waals surface area contributed by atoms with Gasteiger partial charge in [-0.3, -0.25) is 19.7 Å². The maximum Gasteiger partial charge on any atom is 0.323 e. The summed E-state index contributed by atoms with van der Waals surface area (Å²) in [5.74, 6) is -4.55. The molecule has 3 atom stereocenters. The lowest BCUT2D eigenvalue weighted by Gasteiger charge is -2.36. The first kappa shape index (κ1) is 23.6. The molecule has 2 aliphatic heterocycles. The minimum atomic E-state index is -1.45. The van der Waals surface area contributed by atoms with Gasteiger partial charge in [-0.05, 0) is 59.7 Å². The molecule has 9 heteroatoms. The Morgan fingerprint density at radius 1 is 0.833 bits per heavy atom. The third kappa shape index (κ3) is 3.46. The molecule has 2 aliphatic rings. The molecule has 2 fully saturated rings. The summed E-state index contributed by atoms with van der Waals surface area (Å²) in [6, 6.07) is 16.0. The summed E-state index contributed by atoms with van der Waals surface area (Å²) in [5, 5.41) is 3.17. The Kier molecular flexibility index (Phi) is 5.80. The van der Waals surface area contributed by atoms with Crippen molar-refractivity contribution < 1.29 is 32.6 Å². The number of imide groups is 1. The molecule has 2 heterocycles. The monoisotopic (exact) mass is 492 g/mol. The average Bonchev–Trinajstić information content (AvgIpc) is 3.39. The molecule has 0 aromatic heterocycles. The normalized spacial score (nSPS) is 22.4. The van der Waals surface area contributed by atoms with Gasteiger partial charge >= 0.3 is 5.97 Å². The molecule has 7 nitrogen and oxygen atoms in total. The second kappa shape index (κ2) is 8.83. The predicted octanol–water partition coefficient (Wildman–Crippen LogP) is 3.17. The number of methoxy groups -OCH3 is 2. The van der Waals surface area contributed by atoms with Crippen LogP contribution in [0.2, 0.25) is 0 Å². The molecule has 0 saturated carbocycles. The van der Waals surface area contributed by atoms with E-state index in [2.05, 4.69) is 5.32 Å². The molecule has 0 aliphatic carbocycles. The van der Waals surface area contributed by atoms with E-state index in [1.165, 1.54) is 62.8 Å². The Morgan fingerprint density at radius 2 is 1.36 bits per heavy atom. The number of anilines is 1. The van der Waals surface area contributed by atoms with Crippen LogP contribution in [0.25, 0.3) is 0 Å². The molecule has 0 radical (unpaired) electrons. The standard InChI is InChI=1S/C27H22F2N2O5/c1-35-20-13-11-19(12-14-20)31-24(32)21-22(25(31)33)27(30-23(21)26(34)36-2,15-3-7-17(28)8-4-15)16-5-9-18(29)10-6-16/h3-14,21-23,30H,1-2H3/t21-,22+,23+/m1/s1. The van der Waals surface area contributed by atoms with Gasteiger partial charge < -0.3 is 9.47 Å². The minimum absolute atomic E-state index is 0.316. The molecule has 3 aromatic rings. The van der Waals surface area contributed by atoms with Crippen molar-refractivity contribution in [3.8, 4) is 5.75 Å². The van der Waals surface area contributed by atoms with E-state index < -0.39 is 52.8 Å². The molecule has 1 N–H and O–H groups in total. The number of carbonyl (C=O) groups is 3. The van der Waals surface area contributed by atoms with Gasteiger partial charge in [-0.1, -0.05) is 24.3 Å². The highest BCUT2D eigenvalue weighted by Crippen LogP contribution is 2.52. The number of halogens is 2. The number of benzene rings is 3. The highest BCUT2D eigenvalue weighted by molar-refractivity contribution is 6.24. The third-order valence-electron chi connectivity index (χ3n) is 6.94. The van der Waals surface area contributed by atoms with E-state index in [0.29, 0.717) is 22.6 Å². The fourth-order valence-corrected chi connectivity index (χ4v) is 5.34. The first-order chi connectivity index (χ1) is 17.3. The fourth-order valence-electron chi connectivity index (χ4n) is 5.34. The van der Waals surface area contributed by atoms with Crippen molar-refractivity contribution in [1.82, 2.24) is 5.32 Å². The topological polar surface area (TPSA) is 84.9 Å². The summed E-state index contributed by atoms with van der Waals surface area (Å²) in [7, 11) is 2.69.